The van der Waals surface area contributed by atoms with Gasteiger partial charge in [-0.25, -0.2) is 8.78 Å². The fourth-order valence-electron chi connectivity index (χ4n) is 3.08. The lowest BCUT2D eigenvalue weighted by Crippen LogP contribution is -2.46. The molecule has 1 nitrogen and oxygen atoms in total. The van der Waals surface area contributed by atoms with Crippen molar-refractivity contribution in [2.45, 2.75) is 51.0 Å². The smallest absolute Gasteiger partial charge is 0.129 e. The molecule has 1 fully saturated rings. The van der Waals surface area contributed by atoms with Gasteiger partial charge in [-0.05, 0) is 36.8 Å². The molecule has 2 rings (SSSR count). The van der Waals surface area contributed by atoms with Crippen LogP contribution >= 0.6 is 0 Å². The van der Waals surface area contributed by atoms with Crippen LogP contribution in [0.4, 0.5) is 8.78 Å². The van der Waals surface area contributed by atoms with Gasteiger partial charge in [-0.15, -0.1) is 0 Å². The van der Waals surface area contributed by atoms with Crippen LogP contribution in [0.1, 0.15) is 44.6 Å². The molecule has 0 radical (unpaired) electrons. The zero-order valence-corrected chi connectivity index (χ0v) is 10.9. The largest absolute Gasteiger partial charge is 0.325 e. The molecule has 0 spiro atoms. The van der Waals surface area contributed by atoms with Gasteiger partial charge >= 0.3 is 0 Å². The lowest BCUT2D eigenvalue weighted by atomic mass is 9.72. The molecule has 1 aliphatic carbocycles. The summed E-state index contributed by atoms with van der Waals surface area (Å²) in [5, 5.41) is 0. The summed E-state index contributed by atoms with van der Waals surface area (Å²) in [4.78, 5) is 0. The van der Waals surface area contributed by atoms with E-state index in [2.05, 4.69) is 6.92 Å². The van der Waals surface area contributed by atoms with Crippen LogP contribution in [0.25, 0.3) is 0 Å². The fourth-order valence-corrected chi connectivity index (χ4v) is 3.08. The van der Waals surface area contributed by atoms with Crippen LogP contribution in [-0.4, -0.2) is 5.54 Å². The molecule has 3 heteroatoms. The normalized spacial score (nSPS) is 28.3. The molecule has 0 saturated heterocycles. The third-order valence-corrected chi connectivity index (χ3v) is 4.12. The van der Waals surface area contributed by atoms with Crippen LogP contribution in [0.15, 0.2) is 18.2 Å². The summed E-state index contributed by atoms with van der Waals surface area (Å²) < 4.78 is 26.5. The lowest BCUT2D eigenvalue weighted by molar-refractivity contribution is 0.217. The average molecular weight is 253 g/mol. The third-order valence-electron chi connectivity index (χ3n) is 4.12. The third kappa shape index (κ3) is 3.08. The van der Waals surface area contributed by atoms with Crippen LogP contribution in [-0.2, 0) is 6.42 Å². The Balaban J connectivity index is 2.11. The molecule has 0 aliphatic heterocycles. The molecule has 0 amide bonds. The van der Waals surface area contributed by atoms with E-state index in [9.17, 15) is 8.78 Å². The van der Waals surface area contributed by atoms with Gasteiger partial charge in [0, 0.05) is 11.6 Å². The quantitative estimate of drug-likeness (QED) is 0.871. The standard InChI is InChI=1S/C15H21F2N/c1-2-11-4-3-7-15(18,9-11)10-12-5-6-13(16)8-14(12)17/h5-6,8,11H,2-4,7,9-10,18H2,1H3. The van der Waals surface area contributed by atoms with Crippen LogP contribution in [0, 0.1) is 17.6 Å². The minimum atomic E-state index is -0.530. The van der Waals surface area contributed by atoms with Gasteiger partial charge in [0.15, 0.2) is 0 Å². The Morgan fingerprint density at radius 1 is 1.39 bits per heavy atom. The van der Waals surface area contributed by atoms with Crippen molar-refractivity contribution >= 4 is 0 Å². The maximum Gasteiger partial charge on any atom is 0.129 e. The summed E-state index contributed by atoms with van der Waals surface area (Å²) in [6, 6.07) is 3.77. The van der Waals surface area contributed by atoms with E-state index in [-0.39, 0.29) is 5.54 Å². The van der Waals surface area contributed by atoms with Gasteiger partial charge in [0.1, 0.15) is 11.6 Å². The Kier molecular flexibility index (Phi) is 4.00. The Labute approximate surface area is 107 Å². The highest BCUT2D eigenvalue weighted by atomic mass is 19.1. The summed E-state index contributed by atoms with van der Waals surface area (Å²) in [6.07, 6.45) is 5.85. The van der Waals surface area contributed by atoms with Gasteiger partial charge < -0.3 is 5.73 Å². The van der Waals surface area contributed by atoms with Gasteiger partial charge in [0.2, 0.25) is 0 Å². The molecule has 0 aromatic heterocycles. The summed E-state index contributed by atoms with van der Waals surface area (Å²) in [5.74, 6) is -0.358. The number of halogens is 2. The Hall–Kier alpha value is -0.960. The van der Waals surface area contributed by atoms with E-state index in [4.69, 9.17) is 5.73 Å². The van der Waals surface area contributed by atoms with E-state index in [0.717, 1.165) is 31.7 Å². The van der Waals surface area contributed by atoms with Crippen molar-refractivity contribution in [3.05, 3.63) is 35.4 Å². The van der Waals surface area contributed by atoms with E-state index in [0.29, 0.717) is 17.9 Å². The summed E-state index contributed by atoms with van der Waals surface area (Å²) in [7, 11) is 0. The highest BCUT2D eigenvalue weighted by molar-refractivity contribution is 5.21. The zero-order chi connectivity index (χ0) is 13.2. The average Bonchev–Trinajstić information content (AvgIpc) is 2.33. The summed E-state index contributed by atoms with van der Waals surface area (Å²) in [5.41, 5.74) is 6.62. The van der Waals surface area contributed by atoms with Crippen LogP contribution in [0.2, 0.25) is 0 Å². The number of rotatable bonds is 3. The maximum absolute atomic E-state index is 13.7. The first-order valence-electron chi connectivity index (χ1n) is 6.75. The van der Waals surface area contributed by atoms with Gasteiger partial charge in [0.25, 0.3) is 0 Å². The molecule has 0 heterocycles. The Morgan fingerprint density at radius 2 is 2.17 bits per heavy atom. The van der Waals surface area contributed by atoms with Crippen molar-refractivity contribution in [2.75, 3.05) is 0 Å². The fraction of sp³-hybridized carbons (Fsp3) is 0.600. The first-order valence-corrected chi connectivity index (χ1v) is 6.75. The van der Waals surface area contributed by atoms with E-state index >= 15 is 0 Å². The number of hydrogen-bond donors (Lipinski definition) is 1. The molecule has 1 saturated carbocycles. The number of hydrogen-bond acceptors (Lipinski definition) is 1. The molecule has 1 aromatic rings. The monoisotopic (exact) mass is 253 g/mol. The summed E-state index contributed by atoms with van der Waals surface area (Å²) >= 11 is 0. The van der Waals surface area contributed by atoms with Crippen LogP contribution in [0.3, 0.4) is 0 Å². The number of benzene rings is 1. The second-order valence-electron chi connectivity index (χ2n) is 5.65. The minimum absolute atomic E-state index is 0.322. The molecule has 1 aromatic carbocycles. The predicted molar refractivity (Wildman–Crippen MR) is 69.2 cm³/mol. The second-order valence-corrected chi connectivity index (χ2v) is 5.65. The molecule has 18 heavy (non-hydrogen) atoms. The molecule has 2 N–H and O–H groups in total. The van der Waals surface area contributed by atoms with Crippen molar-refractivity contribution in [1.82, 2.24) is 0 Å². The van der Waals surface area contributed by atoms with E-state index < -0.39 is 11.6 Å². The topological polar surface area (TPSA) is 26.0 Å². The molecule has 2 atom stereocenters. The lowest BCUT2D eigenvalue weighted by Gasteiger charge is -2.38. The maximum atomic E-state index is 13.7. The molecular weight excluding hydrogens is 232 g/mol. The Morgan fingerprint density at radius 3 is 2.83 bits per heavy atom. The minimum Gasteiger partial charge on any atom is -0.325 e. The molecular formula is C15H21F2N. The van der Waals surface area contributed by atoms with Crippen molar-refractivity contribution in [3.8, 4) is 0 Å². The van der Waals surface area contributed by atoms with Crippen molar-refractivity contribution < 1.29 is 8.78 Å². The van der Waals surface area contributed by atoms with E-state index in [1.54, 1.807) is 0 Å². The van der Waals surface area contributed by atoms with Gasteiger partial charge in [0.05, 0.1) is 0 Å². The van der Waals surface area contributed by atoms with Crippen LogP contribution in [0.5, 0.6) is 0 Å². The summed E-state index contributed by atoms with van der Waals surface area (Å²) in [6.45, 7) is 2.18. The predicted octanol–water partition coefficient (Wildman–Crippen LogP) is 3.81. The Bertz CT molecular complexity index is 419. The highest BCUT2D eigenvalue weighted by Gasteiger charge is 2.32. The van der Waals surface area contributed by atoms with E-state index in [1.807, 2.05) is 0 Å². The highest BCUT2D eigenvalue weighted by Crippen LogP contribution is 2.35. The van der Waals surface area contributed by atoms with E-state index in [1.165, 1.54) is 18.6 Å². The van der Waals surface area contributed by atoms with Crippen molar-refractivity contribution in [1.29, 1.82) is 0 Å². The zero-order valence-electron chi connectivity index (χ0n) is 10.9. The second kappa shape index (κ2) is 5.35. The van der Waals surface area contributed by atoms with Gasteiger partial charge in [-0.3, -0.25) is 0 Å². The molecule has 1 aliphatic rings. The SMILES string of the molecule is CCC1CCCC(N)(Cc2ccc(F)cc2F)C1. The first-order chi connectivity index (χ1) is 8.52. The first kappa shape index (κ1) is 13.5. The molecule has 2 unspecified atom stereocenters. The number of nitrogens with two attached hydrogens (primary N) is 1. The van der Waals surface area contributed by atoms with Gasteiger partial charge in [-0.2, -0.15) is 0 Å². The van der Waals surface area contributed by atoms with Crippen molar-refractivity contribution in [3.63, 3.8) is 0 Å². The molecule has 0 bridgehead atoms. The molecule has 100 valence electrons. The van der Waals surface area contributed by atoms with Crippen molar-refractivity contribution in [2.24, 2.45) is 11.7 Å². The van der Waals surface area contributed by atoms with Crippen LogP contribution < -0.4 is 5.73 Å². The van der Waals surface area contributed by atoms with Gasteiger partial charge in [-0.1, -0.05) is 32.3 Å².